The minimum absolute atomic E-state index is 0.298. The van der Waals surface area contributed by atoms with Crippen LogP contribution in [0.15, 0.2) is 24.5 Å². The van der Waals surface area contributed by atoms with Crippen LogP contribution in [-0.2, 0) is 16.0 Å². The monoisotopic (exact) mass is 276 g/mol. The van der Waals surface area contributed by atoms with Gasteiger partial charge in [-0.3, -0.25) is 14.6 Å². The van der Waals surface area contributed by atoms with Gasteiger partial charge in [-0.1, -0.05) is 38.7 Å². The van der Waals surface area contributed by atoms with Crippen molar-refractivity contribution < 1.29 is 9.59 Å². The van der Waals surface area contributed by atoms with Crippen molar-refractivity contribution in [1.29, 1.82) is 0 Å². The smallest absolute Gasteiger partial charge is 0.287 e. The van der Waals surface area contributed by atoms with Gasteiger partial charge >= 0.3 is 0 Å². The van der Waals surface area contributed by atoms with E-state index in [-0.39, 0.29) is 5.78 Å². The van der Waals surface area contributed by atoms with Gasteiger partial charge in [-0.2, -0.15) is 0 Å². The highest BCUT2D eigenvalue weighted by molar-refractivity contribution is 6.36. The summed E-state index contributed by atoms with van der Waals surface area (Å²) in [6.07, 6.45) is 9.91. The Morgan fingerprint density at radius 1 is 1.20 bits per heavy atom. The van der Waals surface area contributed by atoms with E-state index >= 15 is 0 Å². The molecule has 1 amide bonds. The van der Waals surface area contributed by atoms with Gasteiger partial charge in [0.05, 0.1) is 0 Å². The molecule has 0 aliphatic carbocycles. The Labute approximate surface area is 121 Å². The first-order valence-corrected chi connectivity index (χ1v) is 7.44. The summed E-state index contributed by atoms with van der Waals surface area (Å²) in [7, 11) is 0. The largest absolute Gasteiger partial charge is 0.349 e. The van der Waals surface area contributed by atoms with Crippen molar-refractivity contribution in [3.63, 3.8) is 0 Å². The molecular formula is C16H24N2O2. The molecule has 1 N–H and O–H groups in total. The van der Waals surface area contributed by atoms with Crippen molar-refractivity contribution in [3.8, 4) is 0 Å². The highest BCUT2D eigenvalue weighted by Crippen LogP contribution is 2.05. The number of nitrogens with one attached hydrogen (secondary N) is 1. The normalized spacial score (nSPS) is 10.2. The fourth-order valence-electron chi connectivity index (χ4n) is 1.97. The summed E-state index contributed by atoms with van der Waals surface area (Å²) < 4.78 is 0. The molecule has 1 heterocycles. The van der Waals surface area contributed by atoms with Crippen LogP contribution < -0.4 is 5.32 Å². The second kappa shape index (κ2) is 10.1. The Morgan fingerprint density at radius 2 is 2.00 bits per heavy atom. The lowest BCUT2D eigenvalue weighted by molar-refractivity contribution is -0.137. The molecule has 0 aliphatic rings. The zero-order valence-electron chi connectivity index (χ0n) is 12.2. The van der Waals surface area contributed by atoms with Crippen LogP contribution in [0.4, 0.5) is 0 Å². The predicted molar refractivity (Wildman–Crippen MR) is 79.3 cm³/mol. The Bertz CT molecular complexity index is 404. The first kappa shape index (κ1) is 16.3. The standard InChI is InChI=1S/C16H24N2O2/c1-2-3-4-5-6-9-15(19)16(20)18-12-10-14-8-7-11-17-13-14/h7-8,11,13H,2-6,9-10,12H2,1H3,(H,18,20). The molecule has 4 heteroatoms. The zero-order chi connectivity index (χ0) is 14.6. The summed E-state index contributed by atoms with van der Waals surface area (Å²) in [6.45, 7) is 2.63. The number of Topliss-reactive ketones (excluding diaryl/α,β-unsaturated/α-hetero) is 1. The maximum Gasteiger partial charge on any atom is 0.287 e. The Hall–Kier alpha value is -1.71. The van der Waals surface area contributed by atoms with Gasteiger partial charge in [0.15, 0.2) is 0 Å². The van der Waals surface area contributed by atoms with Crippen LogP contribution in [0.1, 0.15) is 51.0 Å². The first-order valence-electron chi connectivity index (χ1n) is 7.44. The minimum atomic E-state index is -0.454. The molecule has 1 aromatic heterocycles. The maximum atomic E-state index is 11.6. The van der Waals surface area contributed by atoms with Crippen LogP contribution in [-0.4, -0.2) is 23.2 Å². The predicted octanol–water partition coefficient (Wildman–Crippen LogP) is 2.67. The van der Waals surface area contributed by atoms with Crippen molar-refractivity contribution in [1.82, 2.24) is 10.3 Å². The van der Waals surface area contributed by atoms with Crippen molar-refractivity contribution in [3.05, 3.63) is 30.1 Å². The zero-order valence-corrected chi connectivity index (χ0v) is 12.2. The molecule has 0 saturated heterocycles. The van der Waals surface area contributed by atoms with Crippen molar-refractivity contribution >= 4 is 11.7 Å². The molecule has 110 valence electrons. The number of amides is 1. The van der Waals surface area contributed by atoms with Crippen LogP contribution in [0.5, 0.6) is 0 Å². The van der Waals surface area contributed by atoms with Gasteiger partial charge in [-0.25, -0.2) is 0 Å². The molecule has 0 radical (unpaired) electrons. The van der Waals surface area contributed by atoms with Gasteiger partial charge < -0.3 is 5.32 Å². The van der Waals surface area contributed by atoms with Gasteiger partial charge in [0, 0.05) is 25.4 Å². The second-order valence-electron chi connectivity index (χ2n) is 4.95. The van der Waals surface area contributed by atoms with Crippen LogP contribution in [0.2, 0.25) is 0 Å². The molecule has 4 nitrogen and oxygen atoms in total. The number of pyridine rings is 1. The third kappa shape index (κ3) is 7.02. The second-order valence-corrected chi connectivity index (χ2v) is 4.95. The van der Waals surface area contributed by atoms with E-state index < -0.39 is 5.91 Å². The van der Waals surface area contributed by atoms with Crippen LogP contribution in [0, 0.1) is 0 Å². The third-order valence-corrected chi connectivity index (χ3v) is 3.18. The van der Waals surface area contributed by atoms with Crippen LogP contribution >= 0.6 is 0 Å². The number of carbonyl (C=O) groups excluding carboxylic acids is 2. The Kier molecular flexibility index (Phi) is 8.27. The van der Waals surface area contributed by atoms with Gasteiger partial charge in [0.25, 0.3) is 5.91 Å². The third-order valence-electron chi connectivity index (χ3n) is 3.18. The summed E-state index contributed by atoms with van der Waals surface area (Å²) in [4.78, 5) is 27.2. The van der Waals surface area contributed by atoms with Crippen molar-refractivity contribution in [2.24, 2.45) is 0 Å². The number of carbonyl (C=O) groups is 2. The number of hydrogen-bond donors (Lipinski definition) is 1. The quantitative estimate of drug-likeness (QED) is 0.528. The summed E-state index contributed by atoms with van der Waals surface area (Å²) in [5.41, 5.74) is 1.06. The fourth-order valence-corrected chi connectivity index (χ4v) is 1.97. The average molecular weight is 276 g/mol. The van der Waals surface area contributed by atoms with Crippen LogP contribution in [0.25, 0.3) is 0 Å². The summed E-state index contributed by atoms with van der Waals surface area (Å²) in [5.74, 6) is -0.753. The topological polar surface area (TPSA) is 59.1 Å². The van der Waals surface area contributed by atoms with Gasteiger partial charge in [-0.05, 0) is 24.5 Å². The number of unbranched alkanes of at least 4 members (excludes halogenated alkanes) is 4. The lowest BCUT2D eigenvalue weighted by Crippen LogP contribution is -2.32. The molecule has 20 heavy (non-hydrogen) atoms. The molecule has 0 atom stereocenters. The molecule has 0 saturated carbocycles. The molecule has 0 bridgehead atoms. The number of nitrogens with zero attached hydrogens (tertiary/aromatic N) is 1. The van der Waals surface area contributed by atoms with E-state index in [9.17, 15) is 9.59 Å². The molecule has 0 fully saturated rings. The molecule has 1 rings (SSSR count). The van der Waals surface area contributed by atoms with Crippen molar-refractivity contribution in [2.45, 2.75) is 51.9 Å². The maximum absolute atomic E-state index is 11.6. The van der Waals surface area contributed by atoms with Gasteiger partial charge in [-0.15, -0.1) is 0 Å². The van der Waals surface area contributed by atoms with Gasteiger partial charge in [0.1, 0.15) is 0 Å². The molecular weight excluding hydrogens is 252 g/mol. The van der Waals surface area contributed by atoms with E-state index in [1.165, 1.54) is 12.8 Å². The number of aromatic nitrogens is 1. The van der Waals surface area contributed by atoms with E-state index in [2.05, 4.69) is 17.2 Å². The minimum Gasteiger partial charge on any atom is -0.349 e. The summed E-state index contributed by atoms with van der Waals surface area (Å²) in [5, 5.41) is 2.67. The van der Waals surface area contributed by atoms with Crippen LogP contribution in [0.3, 0.4) is 0 Å². The fraction of sp³-hybridized carbons (Fsp3) is 0.562. The molecule has 1 aromatic rings. The molecule has 0 spiro atoms. The summed E-state index contributed by atoms with van der Waals surface area (Å²) in [6, 6.07) is 3.81. The van der Waals surface area contributed by atoms with Gasteiger partial charge in [0.2, 0.25) is 5.78 Å². The lowest BCUT2D eigenvalue weighted by atomic mass is 10.1. The SMILES string of the molecule is CCCCCCCC(=O)C(=O)NCCc1cccnc1. The van der Waals surface area contributed by atoms with E-state index in [0.29, 0.717) is 19.4 Å². The van der Waals surface area contributed by atoms with E-state index in [1.54, 1.807) is 12.4 Å². The molecule has 0 unspecified atom stereocenters. The molecule has 0 aliphatic heterocycles. The highest BCUT2D eigenvalue weighted by Gasteiger charge is 2.11. The average Bonchev–Trinajstić information content (AvgIpc) is 2.47. The Balaban J connectivity index is 2.11. The van der Waals surface area contributed by atoms with E-state index in [1.807, 2.05) is 12.1 Å². The van der Waals surface area contributed by atoms with E-state index in [0.717, 1.165) is 24.8 Å². The first-order chi connectivity index (χ1) is 9.74. The highest BCUT2D eigenvalue weighted by atomic mass is 16.2. The number of hydrogen-bond acceptors (Lipinski definition) is 3. The lowest BCUT2D eigenvalue weighted by Gasteiger charge is -2.04. The summed E-state index contributed by atoms with van der Waals surface area (Å²) >= 11 is 0. The Morgan fingerprint density at radius 3 is 2.70 bits per heavy atom. The van der Waals surface area contributed by atoms with E-state index in [4.69, 9.17) is 0 Å². The number of ketones is 1. The number of rotatable bonds is 10. The van der Waals surface area contributed by atoms with Crippen molar-refractivity contribution in [2.75, 3.05) is 6.54 Å². The molecule has 0 aromatic carbocycles.